The van der Waals surface area contributed by atoms with E-state index in [1.807, 2.05) is 49.4 Å². The molecule has 0 aromatic heterocycles. The molecule has 0 atom stereocenters. The fourth-order valence-electron chi connectivity index (χ4n) is 3.74. The summed E-state index contributed by atoms with van der Waals surface area (Å²) in [6.45, 7) is 8.28. The molecule has 0 fully saturated rings. The molecule has 152 valence electrons. The minimum atomic E-state index is -0.334. The zero-order valence-electron chi connectivity index (χ0n) is 17.7. The summed E-state index contributed by atoms with van der Waals surface area (Å²) in [4.78, 5) is 26.8. The number of carbonyl (C=O) groups is 2. The predicted molar refractivity (Wildman–Crippen MR) is 121 cm³/mol. The molecule has 3 aromatic rings. The lowest BCUT2D eigenvalue weighted by molar-refractivity contribution is -0.119. The summed E-state index contributed by atoms with van der Waals surface area (Å²) in [6.07, 6.45) is 0. The van der Waals surface area contributed by atoms with E-state index in [0.717, 1.165) is 22.0 Å². The number of carbonyl (C=O) groups excluding carboxylic acids is 2. The minimum absolute atomic E-state index is 0.0770. The van der Waals surface area contributed by atoms with Crippen molar-refractivity contribution in [1.29, 1.82) is 0 Å². The molecule has 5 heteroatoms. The van der Waals surface area contributed by atoms with Crippen LogP contribution in [0.4, 0.5) is 5.69 Å². The maximum Gasteiger partial charge on any atom is 0.260 e. The second-order valence-electron chi connectivity index (χ2n) is 8.63. The Balaban J connectivity index is 1.47. The highest BCUT2D eigenvalue weighted by atomic mass is 16.2. The molecule has 3 aromatic carbocycles. The molecule has 5 nitrogen and oxygen atoms in total. The molecule has 4 rings (SSSR count). The molecule has 1 aliphatic rings. The van der Waals surface area contributed by atoms with Crippen molar-refractivity contribution in [3.63, 3.8) is 0 Å². The van der Waals surface area contributed by atoms with Gasteiger partial charge in [0, 0.05) is 10.9 Å². The Labute approximate surface area is 176 Å². The van der Waals surface area contributed by atoms with Crippen LogP contribution in [0.15, 0.2) is 65.8 Å². The summed E-state index contributed by atoms with van der Waals surface area (Å²) >= 11 is 0. The number of amides is 2. The number of rotatable bonds is 4. The van der Waals surface area contributed by atoms with Gasteiger partial charge in [0.15, 0.2) is 0 Å². The van der Waals surface area contributed by atoms with Crippen LogP contribution in [0.2, 0.25) is 0 Å². The van der Waals surface area contributed by atoms with Crippen molar-refractivity contribution in [2.75, 3.05) is 11.4 Å². The normalized spacial score (nSPS) is 13.8. The number of benzene rings is 3. The lowest BCUT2D eigenvalue weighted by atomic mass is 9.86. The van der Waals surface area contributed by atoms with Gasteiger partial charge >= 0.3 is 0 Å². The molecule has 0 spiro atoms. The van der Waals surface area contributed by atoms with E-state index < -0.39 is 0 Å². The third-order valence-corrected chi connectivity index (χ3v) is 5.47. The van der Waals surface area contributed by atoms with Gasteiger partial charge in [-0.3, -0.25) is 14.5 Å². The molecular formula is C25H25N3O2. The van der Waals surface area contributed by atoms with Crippen molar-refractivity contribution in [2.24, 2.45) is 5.10 Å². The van der Waals surface area contributed by atoms with Crippen molar-refractivity contribution < 1.29 is 9.59 Å². The molecule has 1 N–H and O–H groups in total. The summed E-state index contributed by atoms with van der Waals surface area (Å²) in [6, 6.07) is 19.5. The molecule has 0 saturated carbocycles. The number of anilines is 1. The summed E-state index contributed by atoms with van der Waals surface area (Å²) in [5.41, 5.74) is 6.96. The first-order valence-electron chi connectivity index (χ1n) is 10.0. The highest BCUT2D eigenvalue weighted by Crippen LogP contribution is 2.36. The van der Waals surface area contributed by atoms with Crippen molar-refractivity contribution in [3.8, 4) is 0 Å². The lowest BCUT2D eigenvalue weighted by Crippen LogP contribution is -2.37. The summed E-state index contributed by atoms with van der Waals surface area (Å²) in [5, 5.41) is 6.12. The van der Waals surface area contributed by atoms with E-state index in [1.165, 1.54) is 10.5 Å². The topological polar surface area (TPSA) is 61.8 Å². The SMILES string of the molecule is C/C(=N\NC(=O)CN1C(=O)c2cccc3cccc1c23)c1ccc(C(C)(C)C)cc1. The van der Waals surface area contributed by atoms with Gasteiger partial charge in [-0.05, 0) is 41.0 Å². The Morgan fingerprint density at radius 3 is 2.33 bits per heavy atom. The van der Waals surface area contributed by atoms with Crippen molar-refractivity contribution in [2.45, 2.75) is 33.1 Å². The second kappa shape index (κ2) is 7.41. The Bertz CT molecular complexity index is 1170. The number of hydrogen-bond acceptors (Lipinski definition) is 3. The average Bonchev–Trinajstić information content (AvgIpc) is 2.99. The van der Waals surface area contributed by atoms with Gasteiger partial charge in [0.2, 0.25) is 0 Å². The Morgan fingerprint density at radius 1 is 1.00 bits per heavy atom. The van der Waals surface area contributed by atoms with E-state index in [9.17, 15) is 9.59 Å². The zero-order chi connectivity index (χ0) is 21.5. The second-order valence-corrected chi connectivity index (χ2v) is 8.63. The molecule has 0 unspecified atom stereocenters. The standard InChI is InChI=1S/C25H25N3O2/c1-16(17-11-13-19(14-12-17)25(2,3)4)26-27-22(29)15-28-21-10-6-8-18-7-5-9-20(23(18)21)24(28)30/h5-14H,15H2,1-4H3,(H,27,29)/b26-16+. The summed E-state index contributed by atoms with van der Waals surface area (Å²) < 4.78 is 0. The van der Waals surface area contributed by atoms with Gasteiger partial charge in [-0.1, -0.05) is 69.3 Å². The van der Waals surface area contributed by atoms with E-state index in [4.69, 9.17) is 0 Å². The molecule has 1 aliphatic heterocycles. The van der Waals surface area contributed by atoms with Crippen LogP contribution in [0.3, 0.4) is 0 Å². The van der Waals surface area contributed by atoms with Crippen LogP contribution < -0.4 is 10.3 Å². The fraction of sp³-hybridized carbons (Fsp3) is 0.240. The maximum atomic E-state index is 12.8. The summed E-state index contributed by atoms with van der Waals surface area (Å²) in [7, 11) is 0. The predicted octanol–water partition coefficient (Wildman–Crippen LogP) is 4.64. The highest BCUT2D eigenvalue weighted by Gasteiger charge is 2.30. The third kappa shape index (κ3) is 3.59. The van der Waals surface area contributed by atoms with Crippen LogP contribution in [0, 0.1) is 0 Å². The van der Waals surface area contributed by atoms with E-state index in [-0.39, 0.29) is 23.8 Å². The first-order valence-corrected chi connectivity index (χ1v) is 10.0. The van der Waals surface area contributed by atoms with Crippen LogP contribution in [-0.2, 0) is 10.2 Å². The number of nitrogens with zero attached hydrogens (tertiary/aromatic N) is 2. The molecule has 2 amide bonds. The first kappa shape index (κ1) is 19.8. The van der Waals surface area contributed by atoms with Gasteiger partial charge < -0.3 is 0 Å². The van der Waals surface area contributed by atoms with E-state index in [0.29, 0.717) is 11.3 Å². The Kier molecular flexibility index (Phi) is 4.90. The molecule has 0 aliphatic carbocycles. The lowest BCUT2D eigenvalue weighted by Gasteiger charge is -2.19. The van der Waals surface area contributed by atoms with Gasteiger partial charge in [-0.2, -0.15) is 5.10 Å². The average molecular weight is 399 g/mol. The molecule has 1 heterocycles. The minimum Gasteiger partial charge on any atom is -0.298 e. The van der Waals surface area contributed by atoms with Crippen molar-refractivity contribution in [3.05, 3.63) is 77.4 Å². The Hall–Kier alpha value is -3.47. The van der Waals surface area contributed by atoms with Crippen LogP contribution in [0.1, 0.15) is 49.2 Å². The van der Waals surface area contributed by atoms with Gasteiger partial charge in [-0.15, -0.1) is 0 Å². The molecule has 0 saturated heterocycles. The molecule has 30 heavy (non-hydrogen) atoms. The third-order valence-electron chi connectivity index (χ3n) is 5.47. The summed E-state index contributed by atoms with van der Waals surface area (Å²) in [5.74, 6) is -0.491. The van der Waals surface area contributed by atoms with Crippen molar-refractivity contribution >= 4 is 34.0 Å². The van der Waals surface area contributed by atoms with Crippen LogP contribution in [-0.4, -0.2) is 24.1 Å². The van der Waals surface area contributed by atoms with Crippen molar-refractivity contribution in [1.82, 2.24) is 5.43 Å². The number of hydrogen-bond donors (Lipinski definition) is 1. The van der Waals surface area contributed by atoms with Gasteiger partial charge in [0.25, 0.3) is 11.8 Å². The number of hydrazone groups is 1. The highest BCUT2D eigenvalue weighted by molar-refractivity contribution is 6.26. The largest absolute Gasteiger partial charge is 0.298 e. The fourth-order valence-corrected chi connectivity index (χ4v) is 3.74. The maximum absolute atomic E-state index is 12.8. The van der Waals surface area contributed by atoms with Gasteiger partial charge in [-0.25, -0.2) is 5.43 Å². The first-order chi connectivity index (χ1) is 14.3. The van der Waals surface area contributed by atoms with E-state index >= 15 is 0 Å². The molecule has 0 bridgehead atoms. The van der Waals surface area contributed by atoms with E-state index in [1.54, 1.807) is 6.07 Å². The quantitative estimate of drug-likeness (QED) is 0.513. The van der Waals surface area contributed by atoms with E-state index in [2.05, 4.69) is 43.4 Å². The van der Waals surface area contributed by atoms with Crippen LogP contribution >= 0.6 is 0 Å². The van der Waals surface area contributed by atoms with Crippen LogP contribution in [0.25, 0.3) is 10.8 Å². The number of nitrogens with one attached hydrogen (secondary N) is 1. The smallest absolute Gasteiger partial charge is 0.260 e. The zero-order valence-corrected chi connectivity index (χ0v) is 17.7. The van der Waals surface area contributed by atoms with Crippen LogP contribution in [0.5, 0.6) is 0 Å². The van der Waals surface area contributed by atoms with Gasteiger partial charge in [0.1, 0.15) is 6.54 Å². The monoisotopic (exact) mass is 399 g/mol. The molecule has 0 radical (unpaired) electrons. The molecular weight excluding hydrogens is 374 g/mol. The van der Waals surface area contributed by atoms with Gasteiger partial charge in [0.05, 0.1) is 11.4 Å². The Morgan fingerprint density at radius 2 is 1.67 bits per heavy atom.